The minimum absolute atomic E-state index is 0.193. The van der Waals surface area contributed by atoms with E-state index in [0.717, 1.165) is 17.0 Å². The van der Waals surface area contributed by atoms with Crippen LogP contribution in [0.3, 0.4) is 0 Å². The van der Waals surface area contributed by atoms with E-state index in [2.05, 4.69) is 4.98 Å². The quantitative estimate of drug-likeness (QED) is 0.845. The molecule has 6 nitrogen and oxygen atoms in total. The van der Waals surface area contributed by atoms with Gasteiger partial charge in [-0.05, 0) is 52.3 Å². The monoisotopic (exact) mass is 348 g/mol. The number of rotatable bonds is 1. The van der Waals surface area contributed by atoms with E-state index < -0.39 is 11.2 Å². The Hall–Kier alpha value is -1.66. The maximum Gasteiger partial charge on any atom is 0.410 e. The average Bonchev–Trinajstić information content (AvgIpc) is 2.43. The Morgan fingerprint density at radius 3 is 2.24 bits per heavy atom. The highest BCUT2D eigenvalue weighted by Crippen LogP contribution is 2.41. The van der Waals surface area contributed by atoms with E-state index in [4.69, 9.17) is 9.47 Å². The van der Waals surface area contributed by atoms with Gasteiger partial charge in [-0.1, -0.05) is 0 Å². The van der Waals surface area contributed by atoms with Crippen molar-refractivity contribution in [2.24, 2.45) is 0 Å². The smallest absolute Gasteiger partial charge is 0.410 e. The summed E-state index contributed by atoms with van der Waals surface area (Å²) in [7, 11) is 0. The standard InChI is InChI=1S/C19H28N2O4/c1-12-6-14(7-13(2)20-12)19(23)8-15-10-24-11-16(9-19)21(15)17(22)25-18(3,4)5/h6-7,15-16,23H,8-11H2,1-5H3. The van der Waals surface area contributed by atoms with Gasteiger partial charge in [-0.15, -0.1) is 0 Å². The minimum atomic E-state index is -0.976. The fourth-order valence-corrected chi connectivity index (χ4v) is 3.93. The summed E-state index contributed by atoms with van der Waals surface area (Å²) in [5.74, 6) is 0. The summed E-state index contributed by atoms with van der Waals surface area (Å²) in [5.41, 5.74) is 1.13. The van der Waals surface area contributed by atoms with E-state index >= 15 is 0 Å². The molecule has 1 amide bonds. The number of morpholine rings is 1. The van der Waals surface area contributed by atoms with Gasteiger partial charge in [0, 0.05) is 24.2 Å². The third-order valence-electron chi connectivity index (χ3n) is 4.78. The van der Waals surface area contributed by atoms with Crippen LogP contribution in [0.4, 0.5) is 4.79 Å². The van der Waals surface area contributed by atoms with Crippen LogP contribution in [0.2, 0.25) is 0 Å². The van der Waals surface area contributed by atoms with Crippen LogP contribution in [0, 0.1) is 13.8 Å². The fraction of sp³-hybridized carbons (Fsp3) is 0.684. The number of amides is 1. The molecule has 3 rings (SSSR count). The molecule has 2 atom stereocenters. The number of ether oxygens (including phenoxy) is 2. The van der Waals surface area contributed by atoms with E-state index in [1.807, 2.05) is 46.8 Å². The van der Waals surface area contributed by atoms with Crippen LogP contribution in [-0.4, -0.2) is 52.0 Å². The Morgan fingerprint density at radius 1 is 1.24 bits per heavy atom. The number of carbonyl (C=O) groups is 1. The van der Waals surface area contributed by atoms with Gasteiger partial charge >= 0.3 is 6.09 Å². The van der Waals surface area contributed by atoms with Gasteiger partial charge < -0.3 is 14.6 Å². The molecule has 2 unspecified atom stereocenters. The second-order valence-electron chi connectivity index (χ2n) is 8.31. The zero-order valence-electron chi connectivity index (χ0n) is 15.7. The van der Waals surface area contributed by atoms with Crippen molar-refractivity contribution < 1.29 is 19.4 Å². The number of nitrogens with zero attached hydrogens (tertiary/aromatic N) is 2. The molecule has 0 aliphatic carbocycles. The normalized spacial score (nSPS) is 29.4. The van der Waals surface area contributed by atoms with Crippen molar-refractivity contribution in [1.82, 2.24) is 9.88 Å². The number of hydrogen-bond acceptors (Lipinski definition) is 5. The first kappa shape index (κ1) is 18.1. The van der Waals surface area contributed by atoms with Crippen LogP contribution >= 0.6 is 0 Å². The highest BCUT2D eigenvalue weighted by Gasteiger charge is 2.49. The number of fused-ring (bicyclic) bond motifs is 2. The Morgan fingerprint density at radius 2 is 1.76 bits per heavy atom. The van der Waals surface area contributed by atoms with Gasteiger partial charge in [-0.2, -0.15) is 0 Å². The van der Waals surface area contributed by atoms with Crippen LogP contribution in [0.25, 0.3) is 0 Å². The lowest BCUT2D eigenvalue weighted by molar-refractivity contribution is -0.141. The van der Waals surface area contributed by atoms with Crippen molar-refractivity contribution in [2.45, 2.75) is 70.7 Å². The van der Waals surface area contributed by atoms with Crippen LogP contribution < -0.4 is 0 Å². The van der Waals surface area contributed by atoms with Crippen molar-refractivity contribution in [2.75, 3.05) is 13.2 Å². The van der Waals surface area contributed by atoms with Gasteiger partial charge in [0.25, 0.3) is 0 Å². The Bertz CT molecular complexity index is 634. The summed E-state index contributed by atoms with van der Waals surface area (Å²) < 4.78 is 11.2. The molecule has 0 saturated carbocycles. The summed E-state index contributed by atoms with van der Waals surface area (Å²) in [5, 5.41) is 11.4. The van der Waals surface area contributed by atoms with Crippen molar-refractivity contribution in [1.29, 1.82) is 0 Å². The van der Waals surface area contributed by atoms with Crippen molar-refractivity contribution in [3.05, 3.63) is 29.1 Å². The second-order valence-corrected chi connectivity index (χ2v) is 8.31. The van der Waals surface area contributed by atoms with Crippen molar-refractivity contribution >= 4 is 6.09 Å². The molecular weight excluding hydrogens is 320 g/mol. The third kappa shape index (κ3) is 3.80. The Kier molecular flexibility index (Phi) is 4.54. The second kappa shape index (κ2) is 6.25. The molecule has 1 aromatic heterocycles. The first-order chi connectivity index (χ1) is 11.6. The summed E-state index contributed by atoms with van der Waals surface area (Å²) in [6.07, 6.45) is 0.548. The summed E-state index contributed by atoms with van der Waals surface area (Å²) in [4.78, 5) is 18.8. The van der Waals surface area contributed by atoms with E-state index in [1.54, 1.807) is 4.90 Å². The van der Waals surface area contributed by atoms with Gasteiger partial charge in [0.1, 0.15) is 5.60 Å². The number of aromatic nitrogens is 1. The SMILES string of the molecule is Cc1cc(C2(O)CC3COCC(C2)N3C(=O)OC(C)(C)C)cc(C)n1. The van der Waals surface area contributed by atoms with Crippen LogP contribution in [0.15, 0.2) is 12.1 Å². The Balaban J connectivity index is 1.86. The number of aliphatic hydroxyl groups is 1. The minimum Gasteiger partial charge on any atom is -0.444 e. The molecule has 138 valence electrons. The zero-order valence-corrected chi connectivity index (χ0v) is 15.7. The first-order valence-corrected chi connectivity index (χ1v) is 8.85. The summed E-state index contributed by atoms with van der Waals surface area (Å²) >= 11 is 0. The summed E-state index contributed by atoms with van der Waals surface area (Å²) in [6.45, 7) is 10.3. The van der Waals surface area contributed by atoms with Gasteiger partial charge in [0.05, 0.1) is 30.9 Å². The largest absolute Gasteiger partial charge is 0.444 e. The molecule has 3 heterocycles. The van der Waals surface area contributed by atoms with Gasteiger partial charge in [0.2, 0.25) is 0 Å². The number of piperidine rings is 1. The number of aryl methyl sites for hydroxylation is 2. The molecule has 25 heavy (non-hydrogen) atoms. The molecule has 0 radical (unpaired) electrons. The number of carbonyl (C=O) groups excluding carboxylic acids is 1. The molecule has 0 spiro atoms. The Labute approximate surface area is 149 Å². The molecule has 1 N–H and O–H groups in total. The molecule has 2 aliphatic rings. The van der Waals surface area contributed by atoms with Gasteiger partial charge in [-0.3, -0.25) is 9.88 Å². The maximum atomic E-state index is 12.6. The molecule has 6 heteroatoms. The first-order valence-electron chi connectivity index (χ1n) is 8.85. The molecular formula is C19H28N2O4. The molecule has 2 aliphatic heterocycles. The molecule has 2 bridgehead atoms. The molecule has 1 aromatic rings. The van der Waals surface area contributed by atoms with Crippen LogP contribution in [-0.2, 0) is 15.1 Å². The highest BCUT2D eigenvalue weighted by molar-refractivity contribution is 5.69. The van der Waals surface area contributed by atoms with E-state index in [-0.39, 0.29) is 18.2 Å². The zero-order chi connectivity index (χ0) is 18.4. The lowest BCUT2D eigenvalue weighted by Gasteiger charge is -2.51. The molecule has 0 aromatic carbocycles. The van der Waals surface area contributed by atoms with E-state index in [9.17, 15) is 9.90 Å². The third-order valence-corrected chi connectivity index (χ3v) is 4.78. The molecule has 2 saturated heterocycles. The van der Waals surface area contributed by atoms with Gasteiger partial charge in [-0.25, -0.2) is 4.79 Å². The number of hydrogen-bond donors (Lipinski definition) is 1. The van der Waals surface area contributed by atoms with Crippen LogP contribution in [0.5, 0.6) is 0 Å². The fourth-order valence-electron chi connectivity index (χ4n) is 3.93. The summed E-state index contributed by atoms with van der Waals surface area (Å²) in [6, 6.07) is 3.49. The lowest BCUT2D eigenvalue weighted by Crippen LogP contribution is -2.63. The predicted molar refractivity (Wildman–Crippen MR) is 93.3 cm³/mol. The predicted octanol–water partition coefficient (Wildman–Crippen LogP) is 2.68. The topological polar surface area (TPSA) is 71.9 Å². The maximum absolute atomic E-state index is 12.6. The van der Waals surface area contributed by atoms with Gasteiger partial charge in [0.15, 0.2) is 0 Å². The van der Waals surface area contributed by atoms with Crippen LogP contribution in [0.1, 0.15) is 50.6 Å². The van der Waals surface area contributed by atoms with Crippen molar-refractivity contribution in [3.63, 3.8) is 0 Å². The molecule has 2 fully saturated rings. The van der Waals surface area contributed by atoms with E-state index in [0.29, 0.717) is 26.1 Å². The average molecular weight is 348 g/mol. The lowest BCUT2D eigenvalue weighted by atomic mass is 9.77. The van der Waals surface area contributed by atoms with Crippen molar-refractivity contribution in [3.8, 4) is 0 Å². The highest BCUT2D eigenvalue weighted by atomic mass is 16.6. The van der Waals surface area contributed by atoms with E-state index in [1.165, 1.54) is 0 Å². The number of pyridine rings is 1.